The molecule has 2 heterocycles. The molecule has 0 amide bonds. The maximum Gasteiger partial charge on any atom is 0.194 e. The Balaban J connectivity index is 2.13. The van der Waals surface area contributed by atoms with Gasteiger partial charge in [-0.05, 0) is 6.07 Å². The van der Waals surface area contributed by atoms with Crippen LogP contribution in [0.2, 0.25) is 0 Å². The number of fused-ring (bicyclic) bond motifs is 1. The number of nitrogens with two attached hydrogens (primary N) is 1. The Bertz CT molecular complexity index is 640. The minimum Gasteiger partial charge on any atom is -0.398 e. The Morgan fingerprint density at radius 1 is 1.29 bits per heavy atom. The summed E-state index contributed by atoms with van der Waals surface area (Å²) >= 11 is 1.48. The fourth-order valence-electron chi connectivity index (χ4n) is 1.78. The third kappa shape index (κ3) is 1.69. The van der Waals surface area contributed by atoms with E-state index >= 15 is 0 Å². The first-order valence-electron chi connectivity index (χ1n) is 5.21. The number of thiazole rings is 1. The molecule has 17 heavy (non-hydrogen) atoms. The van der Waals surface area contributed by atoms with Crippen molar-refractivity contribution in [1.82, 2.24) is 9.38 Å². The highest BCUT2D eigenvalue weighted by Gasteiger charge is 2.09. The van der Waals surface area contributed by atoms with Crippen LogP contribution in [0.1, 0.15) is 4.88 Å². The van der Waals surface area contributed by atoms with Crippen LogP contribution in [-0.4, -0.2) is 14.5 Å². The number of para-hydroxylation sites is 1. The summed E-state index contributed by atoms with van der Waals surface area (Å²) in [6.07, 6.45) is 3.81. The zero-order valence-corrected chi connectivity index (χ0v) is 9.81. The molecule has 3 rings (SSSR count). The molecular weight excluding hydrogens is 234 g/mol. The molecule has 3 aromatic rings. The number of nitrogen functional groups attached to an aromatic ring is 1. The van der Waals surface area contributed by atoms with E-state index in [9.17, 15) is 0 Å². The first-order valence-corrected chi connectivity index (χ1v) is 6.03. The Labute approximate surface area is 102 Å². The van der Waals surface area contributed by atoms with Crippen LogP contribution >= 0.6 is 11.3 Å². The lowest BCUT2D eigenvalue weighted by atomic mass is 10.1. The highest BCUT2D eigenvalue weighted by atomic mass is 32.1. The second-order valence-corrected chi connectivity index (χ2v) is 4.85. The van der Waals surface area contributed by atoms with Gasteiger partial charge >= 0.3 is 0 Å². The number of hydrogen-bond donors (Lipinski definition) is 2. The summed E-state index contributed by atoms with van der Waals surface area (Å²) in [6, 6.07) is 7.66. The van der Waals surface area contributed by atoms with E-state index in [-0.39, 0.29) is 6.61 Å². The van der Waals surface area contributed by atoms with E-state index in [1.54, 1.807) is 0 Å². The van der Waals surface area contributed by atoms with Crippen molar-refractivity contribution in [3.05, 3.63) is 41.5 Å². The predicted octanol–water partition coefficient (Wildman–Crippen LogP) is 2.14. The van der Waals surface area contributed by atoms with Gasteiger partial charge in [0.25, 0.3) is 0 Å². The van der Waals surface area contributed by atoms with Crippen LogP contribution in [-0.2, 0) is 6.61 Å². The molecule has 0 saturated heterocycles. The molecule has 86 valence electrons. The van der Waals surface area contributed by atoms with Crippen molar-refractivity contribution in [2.45, 2.75) is 6.61 Å². The number of aliphatic hydroxyl groups is 1. The molecule has 0 atom stereocenters. The maximum absolute atomic E-state index is 9.04. The van der Waals surface area contributed by atoms with E-state index in [0.29, 0.717) is 0 Å². The van der Waals surface area contributed by atoms with Crippen molar-refractivity contribution in [3.8, 4) is 11.3 Å². The molecular formula is C12H11N3OS. The van der Waals surface area contributed by atoms with Crippen molar-refractivity contribution in [1.29, 1.82) is 0 Å². The fraction of sp³-hybridized carbons (Fsp3) is 0.0833. The molecule has 0 saturated carbocycles. The van der Waals surface area contributed by atoms with Gasteiger partial charge in [-0.2, -0.15) is 0 Å². The van der Waals surface area contributed by atoms with E-state index in [2.05, 4.69) is 4.98 Å². The van der Waals surface area contributed by atoms with E-state index in [0.717, 1.165) is 26.8 Å². The highest BCUT2D eigenvalue weighted by molar-refractivity contribution is 7.17. The van der Waals surface area contributed by atoms with Gasteiger partial charge in [-0.25, -0.2) is 4.98 Å². The van der Waals surface area contributed by atoms with Crippen LogP contribution in [0, 0.1) is 0 Å². The monoisotopic (exact) mass is 245 g/mol. The quantitative estimate of drug-likeness (QED) is 0.680. The topological polar surface area (TPSA) is 63.5 Å². The molecule has 3 N–H and O–H groups in total. The lowest BCUT2D eigenvalue weighted by Gasteiger charge is -2.00. The van der Waals surface area contributed by atoms with Crippen LogP contribution < -0.4 is 5.73 Å². The van der Waals surface area contributed by atoms with Gasteiger partial charge in [0.1, 0.15) is 0 Å². The smallest absolute Gasteiger partial charge is 0.194 e. The van der Waals surface area contributed by atoms with E-state index in [1.807, 2.05) is 41.1 Å². The molecule has 0 aliphatic rings. The number of rotatable bonds is 2. The zero-order chi connectivity index (χ0) is 11.8. The minimum atomic E-state index is 0.0524. The average Bonchev–Trinajstić information content (AvgIpc) is 2.86. The van der Waals surface area contributed by atoms with Gasteiger partial charge in [0.2, 0.25) is 0 Å². The van der Waals surface area contributed by atoms with Gasteiger partial charge < -0.3 is 10.8 Å². The molecule has 0 spiro atoms. The predicted molar refractivity (Wildman–Crippen MR) is 68.8 cm³/mol. The van der Waals surface area contributed by atoms with Gasteiger partial charge in [-0.15, -0.1) is 0 Å². The first-order chi connectivity index (χ1) is 8.28. The second-order valence-electron chi connectivity index (χ2n) is 3.76. The van der Waals surface area contributed by atoms with Crippen LogP contribution in [0.25, 0.3) is 16.2 Å². The van der Waals surface area contributed by atoms with Crippen molar-refractivity contribution >= 4 is 22.0 Å². The fourth-order valence-corrected chi connectivity index (χ4v) is 2.60. The lowest BCUT2D eigenvalue weighted by molar-refractivity contribution is 0.285. The van der Waals surface area contributed by atoms with Crippen LogP contribution in [0.3, 0.4) is 0 Å². The summed E-state index contributed by atoms with van der Waals surface area (Å²) < 4.78 is 1.91. The summed E-state index contributed by atoms with van der Waals surface area (Å²) in [5, 5.41) is 9.04. The van der Waals surface area contributed by atoms with Crippen molar-refractivity contribution in [2.75, 3.05) is 5.73 Å². The SMILES string of the molecule is Nc1ccccc1-c1cn2cc(CO)sc2n1. The molecule has 0 unspecified atom stereocenters. The standard InChI is InChI=1S/C12H11N3OS/c13-10-4-2-1-3-9(10)11-6-15-5-8(7-16)17-12(15)14-11/h1-6,16H,7,13H2. The summed E-state index contributed by atoms with van der Waals surface area (Å²) in [5.41, 5.74) is 8.44. The van der Waals surface area contributed by atoms with Gasteiger partial charge in [-0.3, -0.25) is 4.40 Å². The third-order valence-corrected chi connectivity index (χ3v) is 3.58. The van der Waals surface area contributed by atoms with Gasteiger partial charge in [0.05, 0.1) is 17.2 Å². The summed E-state index contributed by atoms with van der Waals surface area (Å²) in [5.74, 6) is 0. The molecule has 5 heteroatoms. The van der Waals surface area contributed by atoms with Crippen LogP contribution in [0.5, 0.6) is 0 Å². The molecule has 0 radical (unpaired) electrons. The number of nitrogens with zero attached hydrogens (tertiary/aromatic N) is 2. The highest BCUT2D eigenvalue weighted by Crippen LogP contribution is 2.27. The molecule has 1 aromatic carbocycles. The van der Waals surface area contributed by atoms with Crippen molar-refractivity contribution < 1.29 is 5.11 Å². The van der Waals surface area contributed by atoms with Gasteiger partial charge in [0.15, 0.2) is 4.96 Å². The van der Waals surface area contributed by atoms with Gasteiger partial charge in [0, 0.05) is 23.6 Å². The molecule has 0 aliphatic heterocycles. The number of benzene rings is 1. The molecule has 0 bridgehead atoms. The Hall–Kier alpha value is -1.85. The molecule has 4 nitrogen and oxygen atoms in total. The van der Waals surface area contributed by atoms with Crippen LogP contribution in [0.15, 0.2) is 36.7 Å². The molecule has 2 aromatic heterocycles. The number of aliphatic hydroxyl groups excluding tert-OH is 1. The molecule has 0 fully saturated rings. The zero-order valence-electron chi connectivity index (χ0n) is 9.00. The Morgan fingerprint density at radius 3 is 2.82 bits per heavy atom. The largest absolute Gasteiger partial charge is 0.398 e. The summed E-state index contributed by atoms with van der Waals surface area (Å²) in [7, 11) is 0. The number of anilines is 1. The van der Waals surface area contributed by atoms with Crippen LogP contribution in [0.4, 0.5) is 5.69 Å². The maximum atomic E-state index is 9.04. The van der Waals surface area contributed by atoms with Gasteiger partial charge in [-0.1, -0.05) is 29.5 Å². The van der Waals surface area contributed by atoms with E-state index in [4.69, 9.17) is 10.8 Å². The lowest BCUT2D eigenvalue weighted by Crippen LogP contribution is -1.88. The minimum absolute atomic E-state index is 0.0524. The van der Waals surface area contributed by atoms with Crippen molar-refractivity contribution in [2.24, 2.45) is 0 Å². The Morgan fingerprint density at radius 2 is 2.12 bits per heavy atom. The molecule has 0 aliphatic carbocycles. The van der Waals surface area contributed by atoms with Crippen molar-refractivity contribution in [3.63, 3.8) is 0 Å². The number of hydrogen-bond acceptors (Lipinski definition) is 4. The first kappa shape index (κ1) is 10.3. The average molecular weight is 245 g/mol. The Kier molecular flexibility index (Phi) is 2.35. The number of aromatic nitrogens is 2. The number of imidazole rings is 1. The summed E-state index contributed by atoms with van der Waals surface area (Å²) in [4.78, 5) is 6.27. The second kappa shape index (κ2) is 3.87. The normalized spacial score (nSPS) is 11.1. The van der Waals surface area contributed by atoms with E-state index < -0.39 is 0 Å². The summed E-state index contributed by atoms with van der Waals surface area (Å²) in [6.45, 7) is 0.0524. The van der Waals surface area contributed by atoms with E-state index in [1.165, 1.54) is 11.3 Å². The third-order valence-electron chi connectivity index (χ3n) is 2.60.